The summed E-state index contributed by atoms with van der Waals surface area (Å²) in [5.74, 6) is 1.05. The normalized spacial score (nSPS) is 12.6. The molecule has 2 heterocycles. The fraction of sp³-hybridized carbons (Fsp3) is 0.455. The van der Waals surface area contributed by atoms with Crippen LogP contribution in [0.4, 0.5) is 5.82 Å². The summed E-state index contributed by atoms with van der Waals surface area (Å²) in [5.41, 5.74) is 1.07. The van der Waals surface area contributed by atoms with E-state index in [2.05, 4.69) is 34.5 Å². The molecular formula is C11H17N5. The molecule has 0 aliphatic rings. The smallest absolute Gasteiger partial charge is 0.124 e. The second-order valence-corrected chi connectivity index (χ2v) is 3.85. The topological polar surface area (TPSA) is 58.5 Å². The highest BCUT2D eigenvalue weighted by Crippen LogP contribution is 2.16. The van der Waals surface area contributed by atoms with Gasteiger partial charge in [0, 0.05) is 12.3 Å². The molecule has 16 heavy (non-hydrogen) atoms. The Kier molecular flexibility index (Phi) is 3.24. The van der Waals surface area contributed by atoms with Crippen LogP contribution in [0.5, 0.6) is 0 Å². The number of hydrogen-bond acceptors (Lipinski definition) is 3. The average Bonchev–Trinajstić information content (AvgIpc) is 2.96. The Balaban J connectivity index is 2.01. The van der Waals surface area contributed by atoms with Crippen LogP contribution in [0.15, 0.2) is 24.5 Å². The van der Waals surface area contributed by atoms with Gasteiger partial charge in [-0.05, 0) is 19.4 Å². The lowest BCUT2D eigenvalue weighted by atomic mass is 10.3. The zero-order chi connectivity index (χ0) is 11.4. The maximum absolute atomic E-state index is 4.32. The van der Waals surface area contributed by atoms with Crippen LogP contribution in [0.2, 0.25) is 0 Å². The van der Waals surface area contributed by atoms with Crippen LogP contribution in [0.1, 0.15) is 32.0 Å². The van der Waals surface area contributed by atoms with Gasteiger partial charge in [0.25, 0.3) is 0 Å². The Bertz CT molecular complexity index is 417. The molecule has 0 fully saturated rings. The van der Waals surface area contributed by atoms with Gasteiger partial charge in [-0.2, -0.15) is 10.2 Å². The van der Waals surface area contributed by atoms with Crippen molar-refractivity contribution in [2.75, 3.05) is 5.32 Å². The summed E-state index contributed by atoms with van der Waals surface area (Å²) >= 11 is 0. The van der Waals surface area contributed by atoms with Crippen LogP contribution in [-0.4, -0.2) is 20.0 Å². The van der Waals surface area contributed by atoms with Crippen LogP contribution in [0.3, 0.4) is 0 Å². The molecular weight excluding hydrogens is 202 g/mol. The van der Waals surface area contributed by atoms with Crippen molar-refractivity contribution in [1.82, 2.24) is 20.0 Å². The molecule has 0 aliphatic heterocycles. The number of hydrogen-bond donors (Lipinski definition) is 2. The molecule has 0 saturated carbocycles. The molecule has 0 spiro atoms. The van der Waals surface area contributed by atoms with E-state index in [1.165, 1.54) is 0 Å². The van der Waals surface area contributed by atoms with Crippen LogP contribution >= 0.6 is 0 Å². The second kappa shape index (κ2) is 4.83. The highest BCUT2D eigenvalue weighted by molar-refractivity contribution is 5.34. The quantitative estimate of drug-likeness (QED) is 0.810. The zero-order valence-electron chi connectivity index (χ0n) is 9.64. The van der Waals surface area contributed by atoms with Crippen molar-refractivity contribution < 1.29 is 0 Å². The SMILES string of the molecule is CCC(C)n1nccc1NCc1ccn[nH]1. The van der Waals surface area contributed by atoms with Gasteiger partial charge in [0.15, 0.2) is 0 Å². The Morgan fingerprint density at radius 1 is 1.44 bits per heavy atom. The standard InChI is InChI=1S/C11H17N5/c1-3-9(2)16-11(5-7-14-16)12-8-10-4-6-13-15-10/h4-7,9,12H,3,8H2,1-2H3,(H,13,15). The molecule has 5 nitrogen and oxygen atoms in total. The Morgan fingerprint density at radius 2 is 2.31 bits per heavy atom. The molecule has 2 rings (SSSR count). The third kappa shape index (κ3) is 2.24. The molecule has 5 heteroatoms. The fourth-order valence-electron chi connectivity index (χ4n) is 1.55. The largest absolute Gasteiger partial charge is 0.365 e. The summed E-state index contributed by atoms with van der Waals surface area (Å²) in [6.07, 6.45) is 4.64. The lowest BCUT2D eigenvalue weighted by Crippen LogP contribution is -2.11. The Morgan fingerprint density at radius 3 is 3.00 bits per heavy atom. The van der Waals surface area contributed by atoms with Crippen molar-refractivity contribution in [3.8, 4) is 0 Å². The van der Waals surface area contributed by atoms with Gasteiger partial charge in [-0.1, -0.05) is 6.92 Å². The third-order valence-corrected chi connectivity index (χ3v) is 2.70. The van der Waals surface area contributed by atoms with Crippen molar-refractivity contribution in [3.05, 3.63) is 30.2 Å². The number of nitrogens with one attached hydrogen (secondary N) is 2. The maximum Gasteiger partial charge on any atom is 0.124 e. The minimum absolute atomic E-state index is 0.416. The summed E-state index contributed by atoms with van der Waals surface area (Å²) in [6, 6.07) is 4.36. The van der Waals surface area contributed by atoms with E-state index >= 15 is 0 Å². The summed E-state index contributed by atoms with van der Waals surface area (Å²) in [7, 11) is 0. The van der Waals surface area contributed by atoms with Gasteiger partial charge in [0.2, 0.25) is 0 Å². The third-order valence-electron chi connectivity index (χ3n) is 2.70. The first-order valence-electron chi connectivity index (χ1n) is 5.57. The van der Waals surface area contributed by atoms with E-state index < -0.39 is 0 Å². The van der Waals surface area contributed by atoms with E-state index in [0.29, 0.717) is 6.04 Å². The Hall–Kier alpha value is -1.78. The first-order chi connectivity index (χ1) is 7.81. The van der Waals surface area contributed by atoms with Crippen molar-refractivity contribution in [2.24, 2.45) is 0 Å². The van der Waals surface area contributed by atoms with E-state index in [0.717, 1.165) is 24.5 Å². The number of rotatable bonds is 5. The molecule has 0 saturated heterocycles. The molecule has 0 radical (unpaired) electrons. The molecule has 2 aromatic rings. The summed E-state index contributed by atoms with van der Waals surface area (Å²) in [4.78, 5) is 0. The number of nitrogens with zero attached hydrogens (tertiary/aromatic N) is 3. The van der Waals surface area contributed by atoms with Crippen LogP contribution in [0.25, 0.3) is 0 Å². The van der Waals surface area contributed by atoms with E-state index in [4.69, 9.17) is 0 Å². The van der Waals surface area contributed by atoms with Gasteiger partial charge in [-0.3, -0.25) is 5.10 Å². The van der Waals surface area contributed by atoms with Crippen molar-refractivity contribution in [1.29, 1.82) is 0 Å². The zero-order valence-corrected chi connectivity index (χ0v) is 9.64. The number of anilines is 1. The summed E-state index contributed by atoms with van der Waals surface area (Å²) in [6.45, 7) is 5.06. The molecule has 1 atom stereocenters. The maximum atomic E-state index is 4.32. The van der Waals surface area contributed by atoms with E-state index in [9.17, 15) is 0 Å². The van der Waals surface area contributed by atoms with Crippen LogP contribution < -0.4 is 5.32 Å². The highest BCUT2D eigenvalue weighted by atomic mass is 15.3. The van der Waals surface area contributed by atoms with Crippen molar-refractivity contribution in [3.63, 3.8) is 0 Å². The molecule has 0 aliphatic carbocycles. The number of aromatic amines is 1. The lowest BCUT2D eigenvalue weighted by molar-refractivity contribution is 0.482. The summed E-state index contributed by atoms with van der Waals surface area (Å²) < 4.78 is 2.01. The number of aromatic nitrogens is 4. The number of H-pyrrole nitrogens is 1. The Labute approximate surface area is 94.9 Å². The van der Waals surface area contributed by atoms with Gasteiger partial charge < -0.3 is 5.32 Å². The van der Waals surface area contributed by atoms with Gasteiger partial charge in [-0.25, -0.2) is 4.68 Å². The molecule has 1 unspecified atom stereocenters. The van der Waals surface area contributed by atoms with Gasteiger partial charge in [0.1, 0.15) is 5.82 Å². The van der Waals surface area contributed by atoms with Crippen LogP contribution in [0, 0.1) is 0 Å². The average molecular weight is 219 g/mol. The molecule has 86 valence electrons. The van der Waals surface area contributed by atoms with Gasteiger partial charge >= 0.3 is 0 Å². The predicted octanol–water partition coefficient (Wildman–Crippen LogP) is 2.19. The predicted molar refractivity (Wildman–Crippen MR) is 63.1 cm³/mol. The van der Waals surface area contributed by atoms with Gasteiger partial charge in [0.05, 0.1) is 24.5 Å². The fourth-order valence-corrected chi connectivity index (χ4v) is 1.55. The molecule has 0 aromatic carbocycles. The molecule has 0 bridgehead atoms. The van der Waals surface area contributed by atoms with E-state index in [-0.39, 0.29) is 0 Å². The lowest BCUT2D eigenvalue weighted by Gasteiger charge is -2.14. The van der Waals surface area contributed by atoms with Crippen LogP contribution in [-0.2, 0) is 6.54 Å². The summed E-state index contributed by atoms with van der Waals surface area (Å²) in [5, 5.41) is 14.5. The minimum atomic E-state index is 0.416. The molecule has 2 N–H and O–H groups in total. The second-order valence-electron chi connectivity index (χ2n) is 3.85. The first kappa shape index (κ1) is 10.7. The first-order valence-corrected chi connectivity index (χ1v) is 5.57. The highest BCUT2D eigenvalue weighted by Gasteiger charge is 2.07. The van der Waals surface area contributed by atoms with Crippen molar-refractivity contribution >= 4 is 5.82 Å². The van der Waals surface area contributed by atoms with Crippen molar-refractivity contribution in [2.45, 2.75) is 32.9 Å². The monoisotopic (exact) mass is 219 g/mol. The van der Waals surface area contributed by atoms with Gasteiger partial charge in [-0.15, -0.1) is 0 Å². The molecule has 0 amide bonds. The van der Waals surface area contributed by atoms with E-state index in [1.54, 1.807) is 6.20 Å². The minimum Gasteiger partial charge on any atom is -0.365 e. The molecule has 2 aromatic heterocycles. The van der Waals surface area contributed by atoms with E-state index in [1.807, 2.05) is 23.0 Å².